The molecule has 1 aliphatic rings. The van der Waals surface area contributed by atoms with E-state index in [0.29, 0.717) is 11.7 Å². The normalized spacial score (nSPS) is 16.4. The molecule has 5 heteroatoms. The second-order valence-electron chi connectivity index (χ2n) is 1.87. The Hall–Kier alpha value is -0.970. The second kappa shape index (κ2) is 2.74. The molecule has 0 amide bonds. The fourth-order valence-corrected chi connectivity index (χ4v) is 0.886. The van der Waals surface area contributed by atoms with Crippen molar-refractivity contribution in [3.63, 3.8) is 0 Å². The van der Waals surface area contributed by atoms with Crippen LogP contribution in [-0.2, 0) is 4.79 Å². The monoisotopic (exact) mass is 158 g/mol. The van der Waals surface area contributed by atoms with Crippen LogP contribution in [0.25, 0.3) is 0 Å². The maximum absolute atomic E-state index is 10.1. The molecule has 1 heterocycles. The van der Waals surface area contributed by atoms with Gasteiger partial charge in [-0.1, -0.05) is 0 Å². The van der Waals surface area contributed by atoms with Crippen LogP contribution in [0.2, 0.25) is 0 Å². The highest BCUT2D eigenvalue weighted by molar-refractivity contribution is 7.80. The number of carboxylic acid groups (broad SMARTS) is 1. The van der Waals surface area contributed by atoms with E-state index < -0.39 is 5.97 Å². The molecule has 1 aliphatic heterocycles. The fraction of sp³-hybridized carbons (Fsp3) is 0.400. The Balaban J connectivity index is 2.45. The van der Waals surface area contributed by atoms with Crippen LogP contribution in [0, 0.1) is 0 Å². The van der Waals surface area contributed by atoms with Gasteiger partial charge in [0.05, 0.1) is 6.54 Å². The van der Waals surface area contributed by atoms with Crippen LogP contribution in [0.3, 0.4) is 0 Å². The summed E-state index contributed by atoms with van der Waals surface area (Å²) in [5.41, 5.74) is 0. The van der Waals surface area contributed by atoms with Crippen molar-refractivity contribution in [2.24, 2.45) is 4.99 Å². The lowest BCUT2D eigenvalue weighted by Crippen LogP contribution is -2.30. The summed E-state index contributed by atoms with van der Waals surface area (Å²) in [5.74, 6) is -0.882. The Morgan fingerprint density at radius 1 is 2.00 bits per heavy atom. The summed E-state index contributed by atoms with van der Waals surface area (Å²) < 4.78 is 0. The topological polar surface area (TPSA) is 52.9 Å². The predicted octanol–water partition coefficient (Wildman–Crippen LogP) is -0.258. The minimum atomic E-state index is -0.882. The van der Waals surface area contributed by atoms with Gasteiger partial charge in [0.2, 0.25) is 0 Å². The van der Waals surface area contributed by atoms with E-state index in [9.17, 15) is 4.79 Å². The van der Waals surface area contributed by atoms with E-state index >= 15 is 0 Å². The lowest BCUT2D eigenvalue weighted by Gasteiger charge is -2.11. The highest BCUT2D eigenvalue weighted by Crippen LogP contribution is 1.98. The number of aliphatic carboxylic acids is 1. The summed E-state index contributed by atoms with van der Waals surface area (Å²) in [6.45, 7) is 0.462. The van der Waals surface area contributed by atoms with Crippen LogP contribution in [0.15, 0.2) is 4.99 Å². The number of hydrogen-bond acceptors (Lipinski definition) is 2. The van der Waals surface area contributed by atoms with Crippen molar-refractivity contribution >= 4 is 29.5 Å². The number of rotatable bonds is 2. The average Bonchev–Trinajstić information content (AvgIpc) is 2.15. The molecule has 54 valence electrons. The second-order valence-corrected chi connectivity index (χ2v) is 2.23. The standard InChI is InChI=1S/C5H6N2O2S/c8-4(9)3-7-2-1-6-5(7)10/h1H,2-3H2,(H,8,9). The third-order valence-electron chi connectivity index (χ3n) is 1.10. The molecule has 0 aromatic carbocycles. The van der Waals surface area contributed by atoms with Crippen LogP contribution in [0.1, 0.15) is 0 Å². The van der Waals surface area contributed by atoms with Crippen LogP contribution >= 0.6 is 12.2 Å². The van der Waals surface area contributed by atoms with Crippen molar-refractivity contribution in [2.75, 3.05) is 13.1 Å². The van der Waals surface area contributed by atoms with E-state index in [1.54, 1.807) is 6.21 Å². The van der Waals surface area contributed by atoms with Gasteiger partial charge in [0, 0.05) is 6.21 Å². The van der Waals surface area contributed by atoms with Gasteiger partial charge in [-0.25, -0.2) is 4.99 Å². The number of hydrogen-bond donors (Lipinski definition) is 1. The number of aliphatic imine (C=N–C) groups is 1. The number of carboxylic acids is 1. The van der Waals surface area contributed by atoms with Crippen molar-refractivity contribution in [1.29, 1.82) is 0 Å². The molecular weight excluding hydrogens is 152 g/mol. The Morgan fingerprint density at radius 2 is 2.70 bits per heavy atom. The smallest absolute Gasteiger partial charge is 0.323 e. The van der Waals surface area contributed by atoms with Crippen molar-refractivity contribution in [3.05, 3.63) is 0 Å². The zero-order chi connectivity index (χ0) is 7.56. The first kappa shape index (κ1) is 7.14. The Kier molecular flexibility index (Phi) is 1.96. The average molecular weight is 158 g/mol. The van der Waals surface area contributed by atoms with Gasteiger partial charge < -0.3 is 10.0 Å². The van der Waals surface area contributed by atoms with E-state index in [-0.39, 0.29) is 6.54 Å². The molecule has 0 saturated carbocycles. The third-order valence-corrected chi connectivity index (χ3v) is 1.46. The number of thiocarbonyl (C=S) groups is 1. The molecule has 1 N–H and O–H groups in total. The minimum Gasteiger partial charge on any atom is -0.480 e. The molecule has 0 atom stereocenters. The molecule has 0 unspecified atom stereocenters. The summed E-state index contributed by atoms with van der Waals surface area (Å²) >= 11 is 4.72. The van der Waals surface area contributed by atoms with Gasteiger partial charge in [-0.2, -0.15) is 0 Å². The van der Waals surface area contributed by atoms with Gasteiger partial charge >= 0.3 is 5.97 Å². The molecule has 10 heavy (non-hydrogen) atoms. The van der Waals surface area contributed by atoms with Crippen LogP contribution in [-0.4, -0.2) is 40.4 Å². The van der Waals surface area contributed by atoms with Crippen LogP contribution in [0.5, 0.6) is 0 Å². The quantitative estimate of drug-likeness (QED) is 0.563. The number of nitrogens with zero attached hydrogens (tertiary/aromatic N) is 2. The SMILES string of the molecule is O=C(O)CN1CC=NC1=S. The summed E-state index contributed by atoms with van der Waals surface area (Å²) in [6, 6.07) is 0. The molecule has 0 aliphatic carbocycles. The van der Waals surface area contributed by atoms with Gasteiger partial charge in [-0.05, 0) is 12.2 Å². The van der Waals surface area contributed by atoms with Crippen molar-refractivity contribution in [1.82, 2.24) is 4.90 Å². The van der Waals surface area contributed by atoms with Crippen molar-refractivity contribution in [2.45, 2.75) is 0 Å². The molecule has 4 nitrogen and oxygen atoms in total. The first-order chi connectivity index (χ1) is 4.70. The molecule has 0 radical (unpaired) electrons. The third kappa shape index (κ3) is 1.51. The van der Waals surface area contributed by atoms with E-state index in [0.717, 1.165) is 0 Å². The zero-order valence-electron chi connectivity index (χ0n) is 5.15. The summed E-state index contributed by atoms with van der Waals surface area (Å²) in [7, 11) is 0. The largest absolute Gasteiger partial charge is 0.480 e. The van der Waals surface area contributed by atoms with Gasteiger partial charge in [0.15, 0.2) is 5.11 Å². The molecule has 1 rings (SSSR count). The fourth-order valence-electron chi connectivity index (χ4n) is 0.673. The summed E-state index contributed by atoms with van der Waals surface area (Å²) in [6.07, 6.45) is 1.60. The predicted molar refractivity (Wildman–Crippen MR) is 40.3 cm³/mol. The van der Waals surface area contributed by atoms with Crippen molar-refractivity contribution < 1.29 is 9.90 Å². The first-order valence-corrected chi connectivity index (χ1v) is 3.14. The van der Waals surface area contributed by atoms with Gasteiger partial charge in [-0.15, -0.1) is 0 Å². The lowest BCUT2D eigenvalue weighted by molar-refractivity contribution is -0.137. The molecule has 0 aromatic heterocycles. The van der Waals surface area contributed by atoms with Gasteiger partial charge in [0.25, 0.3) is 0 Å². The maximum Gasteiger partial charge on any atom is 0.323 e. The Bertz CT molecular complexity index is 202. The minimum absolute atomic E-state index is 0.0567. The Labute approximate surface area is 63.2 Å². The molecule has 0 spiro atoms. The first-order valence-electron chi connectivity index (χ1n) is 2.73. The van der Waals surface area contributed by atoms with Gasteiger partial charge in [-0.3, -0.25) is 4.79 Å². The summed E-state index contributed by atoms with van der Waals surface area (Å²) in [4.78, 5) is 15.4. The number of carbonyl (C=O) groups is 1. The van der Waals surface area contributed by atoms with Crippen LogP contribution < -0.4 is 0 Å². The van der Waals surface area contributed by atoms with Gasteiger partial charge in [0.1, 0.15) is 6.54 Å². The highest BCUT2D eigenvalue weighted by Gasteiger charge is 2.14. The molecule has 0 bridgehead atoms. The van der Waals surface area contributed by atoms with E-state index in [4.69, 9.17) is 17.3 Å². The molecule has 0 fully saturated rings. The highest BCUT2D eigenvalue weighted by atomic mass is 32.1. The molecule has 0 saturated heterocycles. The molecular formula is C5H6N2O2S. The maximum atomic E-state index is 10.1. The zero-order valence-corrected chi connectivity index (χ0v) is 5.97. The lowest BCUT2D eigenvalue weighted by atomic mass is 10.5. The van der Waals surface area contributed by atoms with E-state index in [1.165, 1.54) is 4.90 Å². The summed E-state index contributed by atoms with van der Waals surface area (Å²) in [5, 5.41) is 8.70. The van der Waals surface area contributed by atoms with E-state index in [1.807, 2.05) is 0 Å². The Morgan fingerprint density at radius 3 is 3.10 bits per heavy atom. The van der Waals surface area contributed by atoms with Crippen molar-refractivity contribution in [3.8, 4) is 0 Å². The van der Waals surface area contributed by atoms with E-state index in [2.05, 4.69) is 4.99 Å². The molecule has 0 aromatic rings. The van der Waals surface area contributed by atoms with Crippen LogP contribution in [0.4, 0.5) is 0 Å².